The number of nitrogens with zero attached hydrogens (tertiary/aromatic N) is 2. The third-order valence-electron chi connectivity index (χ3n) is 6.44. The van der Waals surface area contributed by atoms with Crippen molar-refractivity contribution in [2.24, 2.45) is 17.8 Å². The predicted molar refractivity (Wildman–Crippen MR) is 122 cm³/mol. The Kier molecular flexibility index (Phi) is 7.03. The largest absolute Gasteiger partial charge is 0.383 e. The summed E-state index contributed by atoms with van der Waals surface area (Å²) in [5.74, 6) is 2.12. The number of nitrogens with two attached hydrogens (primary N) is 1. The highest BCUT2D eigenvalue weighted by molar-refractivity contribution is 7.80. The van der Waals surface area contributed by atoms with E-state index < -0.39 is 11.2 Å². The average Bonchev–Trinajstić information content (AvgIpc) is 3.26. The van der Waals surface area contributed by atoms with Crippen LogP contribution in [-0.4, -0.2) is 27.3 Å². The number of H-pyrrole nitrogens is 1. The molecule has 29 heavy (non-hydrogen) atoms. The van der Waals surface area contributed by atoms with Gasteiger partial charge >= 0.3 is 5.69 Å². The lowest BCUT2D eigenvalue weighted by atomic mass is 9.95. The van der Waals surface area contributed by atoms with Gasteiger partial charge in [0, 0.05) is 19.1 Å². The lowest BCUT2D eigenvalue weighted by molar-refractivity contribution is 0.390. The molecule has 1 heterocycles. The minimum absolute atomic E-state index is 0.202. The van der Waals surface area contributed by atoms with E-state index in [1.165, 1.54) is 23.8 Å². The van der Waals surface area contributed by atoms with Crippen LogP contribution in [-0.2, 0) is 6.54 Å². The number of aromatic nitrogens is 2. The number of anilines is 2. The van der Waals surface area contributed by atoms with Gasteiger partial charge in [0.05, 0.1) is 0 Å². The summed E-state index contributed by atoms with van der Waals surface area (Å²) in [5, 5.41) is 4.07. The Morgan fingerprint density at radius 1 is 1.34 bits per heavy atom. The van der Waals surface area contributed by atoms with Crippen LogP contribution in [0.2, 0.25) is 0 Å². The minimum atomic E-state index is -0.471. The molecule has 2 aliphatic rings. The standard InChI is InChI=1S/C21H35N5O2S/c1-4-5-9-26-18(22)17(19(27)24-20(26)28)25(10-8-13(2)3)21(29)23-16-12-14-6-7-15(16)11-14/h13-16H,4-12,22H2,1-3H3,(H,23,29)(H,24,27,28). The summed E-state index contributed by atoms with van der Waals surface area (Å²) in [6.07, 6.45) is 7.60. The first-order valence-electron chi connectivity index (χ1n) is 11.0. The van der Waals surface area contributed by atoms with Crippen LogP contribution in [0.5, 0.6) is 0 Å². The number of unbranched alkanes of at least 4 members (excludes halogenated alkanes) is 1. The van der Waals surface area contributed by atoms with E-state index in [2.05, 4.69) is 31.1 Å². The average molecular weight is 422 g/mol. The Hall–Kier alpha value is -1.83. The van der Waals surface area contributed by atoms with Crippen LogP contribution in [0.3, 0.4) is 0 Å². The smallest absolute Gasteiger partial charge is 0.330 e. The maximum Gasteiger partial charge on any atom is 0.330 e. The van der Waals surface area contributed by atoms with Gasteiger partial charge in [-0.05, 0) is 62.1 Å². The van der Waals surface area contributed by atoms with Gasteiger partial charge in [-0.2, -0.15) is 0 Å². The molecular formula is C21H35N5O2S. The number of fused-ring (bicyclic) bond motifs is 2. The Bertz CT molecular complexity index is 846. The molecule has 1 aromatic heterocycles. The van der Waals surface area contributed by atoms with Gasteiger partial charge in [-0.3, -0.25) is 14.3 Å². The van der Waals surface area contributed by atoms with Crippen molar-refractivity contribution in [1.82, 2.24) is 14.9 Å². The molecule has 0 amide bonds. The van der Waals surface area contributed by atoms with Gasteiger partial charge in [-0.25, -0.2) is 4.79 Å². The van der Waals surface area contributed by atoms with Crippen molar-refractivity contribution in [2.75, 3.05) is 17.2 Å². The SMILES string of the molecule is CCCCn1c(N)c(N(CCC(C)C)C(=S)NC2CC3CCC2C3)c(=O)[nH]c1=O. The van der Waals surface area contributed by atoms with Gasteiger partial charge in [0.25, 0.3) is 5.56 Å². The highest BCUT2D eigenvalue weighted by Gasteiger charge is 2.40. The zero-order valence-electron chi connectivity index (χ0n) is 17.9. The third kappa shape index (κ3) is 4.85. The summed E-state index contributed by atoms with van der Waals surface area (Å²) in [6, 6.07) is 0.370. The van der Waals surface area contributed by atoms with Gasteiger partial charge in [-0.1, -0.05) is 33.6 Å². The molecule has 2 saturated carbocycles. The molecule has 0 saturated heterocycles. The molecule has 2 aliphatic carbocycles. The van der Waals surface area contributed by atoms with Crippen LogP contribution in [0.25, 0.3) is 0 Å². The van der Waals surface area contributed by atoms with Crippen molar-refractivity contribution in [3.05, 3.63) is 20.8 Å². The maximum absolute atomic E-state index is 12.8. The molecule has 1 aromatic rings. The second-order valence-electron chi connectivity index (χ2n) is 9.06. The summed E-state index contributed by atoms with van der Waals surface area (Å²) >= 11 is 5.76. The first-order chi connectivity index (χ1) is 13.8. The van der Waals surface area contributed by atoms with Gasteiger partial charge in [-0.15, -0.1) is 0 Å². The summed E-state index contributed by atoms with van der Waals surface area (Å²) in [4.78, 5) is 29.3. The molecule has 3 unspecified atom stereocenters. The quantitative estimate of drug-likeness (QED) is 0.559. The number of rotatable bonds is 8. The van der Waals surface area contributed by atoms with Crippen molar-refractivity contribution in [3.8, 4) is 0 Å². The molecule has 0 radical (unpaired) electrons. The normalized spacial score (nSPS) is 23.0. The van der Waals surface area contributed by atoms with E-state index in [-0.39, 0.29) is 5.82 Å². The topological polar surface area (TPSA) is 96.2 Å². The van der Waals surface area contributed by atoms with E-state index in [0.717, 1.165) is 31.6 Å². The highest BCUT2D eigenvalue weighted by Crippen LogP contribution is 2.44. The first-order valence-corrected chi connectivity index (χ1v) is 11.4. The van der Waals surface area contributed by atoms with Gasteiger partial charge in [0.2, 0.25) is 0 Å². The van der Waals surface area contributed by atoms with Gasteiger partial charge in [0.15, 0.2) is 10.8 Å². The minimum Gasteiger partial charge on any atom is -0.383 e. The zero-order chi connectivity index (χ0) is 21.1. The van der Waals surface area contributed by atoms with Crippen LogP contribution < -0.4 is 27.2 Å². The number of aromatic amines is 1. The molecule has 3 atom stereocenters. The molecule has 162 valence electrons. The fraction of sp³-hybridized carbons (Fsp3) is 0.762. The number of nitrogens with one attached hydrogen (secondary N) is 2. The van der Waals surface area contributed by atoms with Crippen LogP contribution >= 0.6 is 12.2 Å². The first kappa shape index (κ1) is 21.9. The van der Waals surface area contributed by atoms with E-state index in [0.29, 0.717) is 41.8 Å². The fourth-order valence-corrected chi connectivity index (χ4v) is 5.07. The molecule has 4 N–H and O–H groups in total. The number of hydrogen-bond donors (Lipinski definition) is 3. The molecule has 3 rings (SSSR count). The van der Waals surface area contributed by atoms with Crippen molar-refractivity contribution in [2.45, 2.75) is 78.3 Å². The monoisotopic (exact) mass is 421 g/mol. The molecule has 2 bridgehead atoms. The highest BCUT2D eigenvalue weighted by atomic mass is 32.1. The lowest BCUT2D eigenvalue weighted by Crippen LogP contribution is -2.50. The van der Waals surface area contributed by atoms with Crippen LogP contribution in [0.1, 0.15) is 65.7 Å². The van der Waals surface area contributed by atoms with Gasteiger partial charge < -0.3 is 16.0 Å². The summed E-state index contributed by atoms with van der Waals surface area (Å²) in [5.41, 5.74) is 5.72. The summed E-state index contributed by atoms with van der Waals surface area (Å²) in [6.45, 7) is 7.40. The fourth-order valence-electron chi connectivity index (χ4n) is 4.74. The third-order valence-corrected chi connectivity index (χ3v) is 6.78. The number of hydrogen-bond acceptors (Lipinski definition) is 4. The second kappa shape index (κ2) is 9.32. The van der Waals surface area contributed by atoms with E-state index >= 15 is 0 Å². The van der Waals surface area contributed by atoms with Crippen LogP contribution in [0.4, 0.5) is 11.5 Å². The Labute approximate surface area is 178 Å². The van der Waals surface area contributed by atoms with Crippen molar-refractivity contribution in [1.29, 1.82) is 0 Å². The number of thiocarbonyl (C=S) groups is 1. The molecule has 2 fully saturated rings. The predicted octanol–water partition coefficient (Wildman–Crippen LogP) is 2.83. The van der Waals surface area contributed by atoms with E-state index in [1.54, 1.807) is 0 Å². The Morgan fingerprint density at radius 2 is 2.10 bits per heavy atom. The van der Waals surface area contributed by atoms with E-state index in [9.17, 15) is 9.59 Å². The lowest BCUT2D eigenvalue weighted by Gasteiger charge is -2.31. The van der Waals surface area contributed by atoms with Gasteiger partial charge in [0.1, 0.15) is 5.82 Å². The zero-order valence-corrected chi connectivity index (χ0v) is 18.7. The molecule has 0 spiro atoms. The van der Waals surface area contributed by atoms with Crippen molar-refractivity contribution < 1.29 is 0 Å². The van der Waals surface area contributed by atoms with E-state index in [1.807, 2.05) is 4.90 Å². The van der Waals surface area contributed by atoms with Crippen LogP contribution in [0, 0.1) is 17.8 Å². The summed E-state index contributed by atoms with van der Waals surface area (Å²) in [7, 11) is 0. The Balaban J connectivity index is 1.90. The van der Waals surface area contributed by atoms with Crippen molar-refractivity contribution >= 4 is 28.8 Å². The molecule has 7 nitrogen and oxygen atoms in total. The molecular weight excluding hydrogens is 386 g/mol. The molecule has 0 aromatic carbocycles. The number of nitrogen functional groups attached to an aromatic ring is 1. The molecule has 8 heteroatoms. The van der Waals surface area contributed by atoms with E-state index in [4.69, 9.17) is 18.0 Å². The van der Waals surface area contributed by atoms with Crippen LogP contribution in [0.15, 0.2) is 9.59 Å². The van der Waals surface area contributed by atoms with Crippen molar-refractivity contribution in [3.63, 3.8) is 0 Å². The second-order valence-corrected chi connectivity index (χ2v) is 9.45. The molecule has 0 aliphatic heterocycles. The summed E-state index contributed by atoms with van der Waals surface area (Å²) < 4.78 is 1.46. The maximum atomic E-state index is 12.8. The Morgan fingerprint density at radius 3 is 2.69 bits per heavy atom.